The lowest BCUT2D eigenvalue weighted by atomic mass is 9.84. The molecule has 1 aromatic rings. The SMILES string of the molecule is CC(NC(=O)c1cccc(C(=O)NC(C)C2CC3CCC2C3)c1)C1CC2CCC1C2. The van der Waals surface area contributed by atoms with Gasteiger partial charge in [-0.25, -0.2) is 0 Å². The first-order chi connectivity index (χ1) is 14.5. The molecule has 4 bridgehead atoms. The highest BCUT2D eigenvalue weighted by molar-refractivity contribution is 5.99. The zero-order chi connectivity index (χ0) is 20.8. The van der Waals surface area contributed by atoms with Crippen LogP contribution >= 0.6 is 0 Å². The van der Waals surface area contributed by atoms with Crippen LogP contribution < -0.4 is 10.6 Å². The molecule has 30 heavy (non-hydrogen) atoms. The fourth-order valence-electron chi connectivity index (χ4n) is 7.41. The molecule has 0 saturated heterocycles. The minimum atomic E-state index is -0.0546. The molecule has 0 radical (unpaired) electrons. The van der Waals surface area contributed by atoms with Crippen LogP contribution in [0.4, 0.5) is 0 Å². The van der Waals surface area contributed by atoms with Crippen molar-refractivity contribution < 1.29 is 9.59 Å². The molecule has 2 N–H and O–H groups in total. The molecule has 0 heterocycles. The summed E-state index contributed by atoms with van der Waals surface area (Å²) in [6.45, 7) is 4.30. The highest BCUT2D eigenvalue weighted by Gasteiger charge is 2.43. The fourth-order valence-corrected chi connectivity index (χ4v) is 7.41. The molecule has 0 aliphatic heterocycles. The molecular weight excluding hydrogens is 372 g/mol. The van der Waals surface area contributed by atoms with Crippen molar-refractivity contribution in [2.75, 3.05) is 0 Å². The molecule has 4 fully saturated rings. The first kappa shape index (κ1) is 20.1. The van der Waals surface area contributed by atoms with Gasteiger partial charge in [0.15, 0.2) is 0 Å². The Labute approximate surface area is 180 Å². The van der Waals surface area contributed by atoms with Crippen LogP contribution in [0.5, 0.6) is 0 Å². The second kappa shape index (κ2) is 8.01. The maximum atomic E-state index is 12.9. The van der Waals surface area contributed by atoms with Gasteiger partial charge in [0.2, 0.25) is 0 Å². The van der Waals surface area contributed by atoms with E-state index in [-0.39, 0.29) is 23.9 Å². The van der Waals surface area contributed by atoms with Crippen LogP contribution in [0, 0.1) is 35.5 Å². The summed E-state index contributed by atoms with van der Waals surface area (Å²) in [7, 11) is 0. The number of hydrogen-bond acceptors (Lipinski definition) is 2. The van der Waals surface area contributed by atoms with Gasteiger partial charge in [0, 0.05) is 23.2 Å². The molecule has 4 saturated carbocycles. The Bertz CT molecular complexity index is 758. The Hall–Kier alpha value is -1.84. The van der Waals surface area contributed by atoms with E-state index < -0.39 is 0 Å². The van der Waals surface area contributed by atoms with Crippen molar-refractivity contribution in [1.82, 2.24) is 10.6 Å². The Morgan fingerprint density at radius 3 is 1.60 bits per heavy atom. The zero-order valence-electron chi connectivity index (χ0n) is 18.4. The standard InChI is InChI=1S/C26H36N2O2/c1-15(23-12-17-6-8-19(23)10-17)27-25(29)21-4-3-5-22(14-21)26(30)28-16(2)24-13-18-7-9-20(24)11-18/h3-5,14-20,23-24H,6-13H2,1-2H3,(H,27,29)(H,28,30). The summed E-state index contributed by atoms with van der Waals surface area (Å²) in [4.78, 5) is 25.7. The Kier molecular flexibility index (Phi) is 5.37. The lowest BCUT2D eigenvalue weighted by Gasteiger charge is -2.29. The zero-order valence-corrected chi connectivity index (χ0v) is 18.4. The molecule has 4 nitrogen and oxygen atoms in total. The largest absolute Gasteiger partial charge is 0.349 e. The fraction of sp³-hybridized carbons (Fsp3) is 0.692. The molecule has 2 amide bonds. The monoisotopic (exact) mass is 408 g/mol. The summed E-state index contributed by atoms with van der Waals surface area (Å²) < 4.78 is 0. The van der Waals surface area contributed by atoms with Crippen LogP contribution in [0.25, 0.3) is 0 Å². The summed E-state index contributed by atoms with van der Waals surface area (Å²) in [6, 6.07) is 7.61. The van der Waals surface area contributed by atoms with Gasteiger partial charge in [0.1, 0.15) is 0 Å². The van der Waals surface area contributed by atoms with Gasteiger partial charge < -0.3 is 10.6 Å². The number of fused-ring (bicyclic) bond motifs is 4. The van der Waals surface area contributed by atoms with Crippen LogP contribution in [-0.2, 0) is 0 Å². The molecular formula is C26H36N2O2. The molecule has 8 atom stereocenters. The molecule has 0 aromatic heterocycles. The maximum Gasteiger partial charge on any atom is 0.251 e. The third-order valence-electron chi connectivity index (χ3n) is 8.97. The lowest BCUT2D eigenvalue weighted by molar-refractivity contribution is 0.0914. The van der Waals surface area contributed by atoms with Crippen LogP contribution in [0.1, 0.15) is 85.9 Å². The van der Waals surface area contributed by atoms with E-state index in [4.69, 9.17) is 0 Å². The molecule has 8 unspecified atom stereocenters. The molecule has 0 spiro atoms. The summed E-state index contributed by atoms with van der Waals surface area (Å²) in [5, 5.41) is 6.44. The van der Waals surface area contributed by atoms with Crippen molar-refractivity contribution in [2.45, 2.75) is 77.3 Å². The van der Waals surface area contributed by atoms with E-state index in [1.54, 1.807) is 6.07 Å². The number of rotatable bonds is 6. The molecule has 162 valence electrons. The maximum absolute atomic E-state index is 12.9. The van der Waals surface area contributed by atoms with Gasteiger partial charge in [-0.05, 0) is 106 Å². The summed E-state index contributed by atoms with van der Waals surface area (Å²) in [5.74, 6) is 4.45. The minimum Gasteiger partial charge on any atom is -0.349 e. The predicted octanol–water partition coefficient (Wildman–Crippen LogP) is 4.80. The smallest absolute Gasteiger partial charge is 0.251 e. The number of benzene rings is 1. The van der Waals surface area contributed by atoms with Crippen molar-refractivity contribution in [3.63, 3.8) is 0 Å². The summed E-state index contributed by atoms with van der Waals surface area (Å²) in [5.41, 5.74) is 1.18. The molecule has 5 rings (SSSR count). The van der Waals surface area contributed by atoms with Gasteiger partial charge in [0.05, 0.1) is 0 Å². The molecule has 4 aliphatic rings. The minimum absolute atomic E-state index is 0.0546. The van der Waals surface area contributed by atoms with E-state index in [1.165, 1.54) is 51.4 Å². The van der Waals surface area contributed by atoms with E-state index >= 15 is 0 Å². The normalized spacial score (nSPS) is 35.9. The summed E-state index contributed by atoms with van der Waals surface area (Å²) in [6.07, 6.45) is 10.6. The Morgan fingerprint density at radius 2 is 1.23 bits per heavy atom. The van der Waals surface area contributed by atoms with Gasteiger partial charge in [-0.1, -0.05) is 18.9 Å². The van der Waals surface area contributed by atoms with Crippen LogP contribution in [0.3, 0.4) is 0 Å². The first-order valence-electron chi connectivity index (χ1n) is 12.2. The number of nitrogens with one attached hydrogen (secondary N) is 2. The van der Waals surface area contributed by atoms with Crippen molar-refractivity contribution >= 4 is 11.8 Å². The quantitative estimate of drug-likeness (QED) is 0.711. The van der Waals surface area contributed by atoms with Crippen molar-refractivity contribution in [2.24, 2.45) is 35.5 Å². The van der Waals surface area contributed by atoms with Crippen molar-refractivity contribution in [3.8, 4) is 0 Å². The second-order valence-electron chi connectivity index (χ2n) is 10.8. The predicted molar refractivity (Wildman–Crippen MR) is 118 cm³/mol. The molecule has 1 aromatic carbocycles. The Morgan fingerprint density at radius 1 is 0.767 bits per heavy atom. The number of carbonyl (C=O) groups is 2. The van der Waals surface area contributed by atoms with Gasteiger partial charge in [-0.3, -0.25) is 9.59 Å². The Balaban J connectivity index is 1.19. The van der Waals surface area contributed by atoms with Gasteiger partial charge in [0.25, 0.3) is 11.8 Å². The van der Waals surface area contributed by atoms with E-state index in [2.05, 4.69) is 24.5 Å². The third kappa shape index (κ3) is 3.78. The topological polar surface area (TPSA) is 58.2 Å². The highest BCUT2D eigenvalue weighted by Crippen LogP contribution is 2.50. The van der Waals surface area contributed by atoms with Crippen molar-refractivity contribution in [3.05, 3.63) is 35.4 Å². The second-order valence-corrected chi connectivity index (χ2v) is 10.8. The molecule has 4 heteroatoms. The average molecular weight is 409 g/mol. The van der Waals surface area contributed by atoms with Gasteiger partial charge in [-0.15, -0.1) is 0 Å². The van der Waals surface area contributed by atoms with Gasteiger partial charge >= 0.3 is 0 Å². The van der Waals surface area contributed by atoms with Crippen LogP contribution in [0.2, 0.25) is 0 Å². The number of carbonyl (C=O) groups excluding carboxylic acids is 2. The number of hydrogen-bond donors (Lipinski definition) is 2. The van der Waals surface area contributed by atoms with E-state index in [0.717, 1.165) is 23.7 Å². The lowest BCUT2D eigenvalue weighted by Crippen LogP contribution is -2.41. The van der Waals surface area contributed by atoms with E-state index in [1.807, 2.05) is 18.2 Å². The third-order valence-corrected chi connectivity index (χ3v) is 8.97. The summed E-state index contributed by atoms with van der Waals surface area (Å²) >= 11 is 0. The van der Waals surface area contributed by atoms with E-state index in [0.29, 0.717) is 23.0 Å². The van der Waals surface area contributed by atoms with Crippen LogP contribution in [0.15, 0.2) is 24.3 Å². The molecule has 4 aliphatic carbocycles. The average Bonchev–Trinajstić information content (AvgIpc) is 3.55. The van der Waals surface area contributed by atoms with Crippen LogP contribution in [-0.4, -0.2) is 23.9 Å². The number of amides is 2. The van der Waals surface area contributed by atoms with Gasteiger partial charge in [-0.2, -0.15) is 0 Å². The highest BCUT2D eigenvalue weighted by atomic mass is 16.2. The van der Waals surface area contributed by atoms with E-state index in [9.17, 15) is 9.59 Å². The first-order valence-corrected chi connectivity index (χ1v) is 12.2. The van der Waals surface area contributed by atoms with Crippen molar-refractivity contribution in [1.29, 1.82) is 0 Å².